The molecule has 1 fully saturated rings. The number of nitrogens with zero attached hydrogens (tertiary/aromatic N) is 3. The van der Waals surface area contributed by atoms with Crippen LogP contribution in [0.2, 0.25) is 0 Å². The highest BCUT2D eigenvalue weighted by molar-refractivity contribution is 5.53. The summed E-state index contributed by atoms with van der Waals surface area (Å²) in [5, 5.41) is 7.71. The summed E-state index contributed by atoms with van der Waals surface area (Å²) >= 11 is 0. The first-order valence-corrected chi connectivity index (χ1v) is 6.28. The molecule has 0 amide bonds. The Morgan fingerprint density at radius 2 is 2.24 bits per heavy atom. The van der Waals surface area contributed by atoms with E-state index in [9.17, 15) is 0 Å². The summed E-state index contributed by atoms with van der Waals surface area (Å²) in [5.74, 6) is 0. The standard InChI is InChI=1S/C13H18N4/c1-3-12(13-4-6-15-17(13)9-1)11-16-8-2-5-14-7-10-16/h1,3-4,6,9,14H,2,5,7-8,10-11H2. The molecule has 0 bridgehead atoms. The van der Waals surface area contributed by atoms with Gasteiger partial charge < -0.3 is 5.32 Å². The van der Waals surface area contributed by atoms with E-state index in [0.29, 0.717) is 0 Å². The van der Waals surface area contributed by atoms with Gasteiger partial charge in [0.25, 0.3) is 0 Å². The van der Waals surface area contributed by atoms with Gasteiger partial charge in [-0.25, -0.2) is 4.52 Å². The Bertz CT molecular complexity index is 483. The van der Waals surface area contributed by atoms with Crippen molar-refractivity contribution in [3.8, 4) is 0 Å². The van der Waals surface area contributed by atoms with Crippen LogP contribution >= 0.6 is 0 Å². The van der Waals surface area contributed by atoms with Gasteiger partial charge in [0.2, 0.25) is 0 Å². The number of fused-ring (bicyclic) bond motifs is 1. The van der Waals surface area contributed by atoms with Crippen LogP contribution in [0, 0.1) is 0 Å². The number of rotatable bonds is 2. The van der Waals surface area contributed by atoms with Crippen LogP contribution in [0.25, 0.3) is 5.52 Å². The number of aromatic nitrogens is 2. The predicted octanol–water partition coefficient (Wildman–Crippen LogP) is 1.13. The fourth-order valence-electron chi connectivity index (χ4n) is 2.45. The summed E-state index contributed by atoms with van der Waals surface area (Å²) in [6.07, 6.45) is 5.11. The molecule has 17 heavy (non-hydrogen) atoms. The first kappa shape index (κ1) is 10.7. The van der Waals surface area contributed by atoms with Crippen LogP contribution in [0.3, 0.4) is 0 Å². The van der Waals surface area contributed by atoms with Gasteiger partial charge in [-0.05, 0) is 37.2 Å². The Kier molecular flexibility index (Phi) is 3.07. The predicted molar refractivity (Wildman–Crippen MR) is 68.0 cm³/mol. The molecule has 0 spiro atoms. The zero-order valence-corrected chi connectivity index (χ0v) is 9.97. The van der Waals surface area contributed by atoms with E-state index in [1.807, 2.05) is 16.9 Å². The number of pyridine rings is 1. The number of hydrogen-bond donors (Lipinski definition) is 1. The van der Waals surface area contributed by atoms with E-state index >= 15 is 0 Å². The van der Waals surface area contributed by atoms with Gasteiger partial charge in [0.15, 0.2) is 0 Å². The van der Waals surface area contributed by atoms with Crippen LogP contribution in [0.15, 0.2) is 30.6 Å². The van der Waals surface area contributed by atoms with Gasteiger partial charge in [0.1, 0.15) is 0 Å². The third kappa shape index (κ3) is 2.33. The van der Waals surface area contributed by atoms with Crippen LogP contribution in [0.1, 0.15) is 12.0 Å². The van der Waals surface area contributed by atoms with Gasteiger partial charge in [0, 0.05) is 32.0 Å². The van der Waals surface area contributed by atoms with Gasteiger partial charge in [-0.1, -0.05) is 6.07 Å². The van der Waals surface area contributed by atoms with Crippen molar-refractivity contribution in [3.63, 3.8) is 0 Å². The topological polar surface area (TPSA) is 32.6 Å². The van der Waals surface area contributed by atoms with Crippen molar-refractivity contribution in [1.82, 2.24) is 19.8 Å². The van der Waals surface area contributed by atoms with Crippen LogP contribution in [-0.2, 0) is 6.54 Å². The third-order valence-electron chi connectivity index (χ3n) is 3.35. The lowest BCUT2D eigenvalue weighted by Gasteiger charge is -2.19. The van der Waals surface area contributed by atoms with E-state index in [2.05, 4.69) is 33.5 Å². The third-order valence-corrected chi connectivity index (χ3v) is 3.35. The molecule has 90 valence electrons. The van der Waals surface area contributed by atoms with Gasteiger partial charge in [-0.2, -0.15) is 5.10 Å². The maximum atomic E-state index is 4.28. The van der Waals surface area contributed by atoms with Crippen LogP contribution in [0.4, 0.5) is 0 Å². The molecule has 4 heteroatoms. The van der Waals surface area contributed by atoms with Crippen molar-refractivity contribution in [2.75, 3.05) is 26.2 Å². The fraction of sp³-hybridized carbons (Fsp3) is 0.462. The Labute approximate surface area is 101 Å². The highest BCUT2D eigenvalue weighted by Gasteiger charge is 2.10. The van der Waals surface area contributed by atoms with Gasteiger partial charge in [0.05, 0.1) is 5.52 Å². The lowest BCUT2D eigenvalue weighted by atomic mass is 10.2. The maximum absolute atomic E-state index is 4.28. The largest absolute Gasteiger partial charge is 0.315 e. The number of hydrogen-bond acceptors (Lipinski definition) is 3. The fourth-order valence-corrected chi connectivity index (χ4v) is 2.45. The molecule has 2 aromatic rings. The molecule has 1 aliphatic heterocycles. The molecule has 2 aromatic heterocycles. The normalized spacial score (nSPS) is 18.4. The van der Waals surface area contributed by atoms with Crippen molar-refractivity contribution < 1.29 is 0 Å². The van der Waals surface area contributed by atoms with Crippen molar-refractivity contribution in [2.45, 2.75) is 13.0 Å². The van der Waals surface area contributed by atoms with Crippen LogP contribution in [-0.4, -0.2) is 40.7 Å². The van der Waals surface area contributed by atoms with Crippen LogP contribution < -0.4 is 5.32 Å². The van der Waals surface area contributed by atoms with Crippen molar-refractivity contribution in [1.29, 1.82) is 0 Å². The molecule has 0 unspecified atom stereocenters. The van der Waals surface area contributed by atoms with E-state index < -0.39 is 0 Å². The Morgan fingerprint density at radius 3 is 3.24 bits per heavy atom. The summed E-state index contributed by atoms with van der Waals surface area (Å²) in [6.45, 7) is 5.59. The van der Waals surface area contributed by atoms with Crippen molar-refractivity contribution >= 4 is 5.52 Å². The minimum atomic E-state index is 1.03. The van der Waals surface area contributed by atoms with Crippen molar-refractivity contribution in [3.05, 3.63) is 36.2 Å². The highest BCUT2D eigenvalue weighted by Crippen LogP contribution is 2.13. The lowest BCUT2D eigenvalue weighted by molar-refractivity contribution is 0.285. The SMILES string of the molecule is c1cc(CN2CCCNCC2)c2ccnn2c1. The van der Waals surface area contributed by atoms with Gasteiger partial charge in [-0.3, -0.25) is 4.90 Å². The molecule has 0 aliphatic carbocycles. The quantitative estimate of drug-likeness (QED) is 0.839. The first-order chi connectivity index (χ1) is 8.43. The zero-order valence-electron chi connectivity index (χ0n) is 9.97. The molecule has 0 saturated carbocycles. The molecule has 1 aliphatic rings. The van der Waals surface area contributed by atoms with E-state index in [1.54, 1.807) is 0 Å². The molecule has 0 aromatic carbocycles. The molecule has 0 atom stereocenters. The minimum Gasteiger partial charge on any atom is -0.315 e. The van der Waals surface area contributed by atoms with E-state index in [1.165, 1.54) is 24.0 Å². The maximum Gasteiger partial charge on any atom is 0.0706 e. The van der Waals surface area contributed by atoms with E-state index in [-0.39, 0.29) is 0 Å². The smallest absolute Gasteiger partial charge is 0.0706 e. The summed E-state index contributed by atoms with van der Waals surface area (Å²) in [6, 6.07) is 6.37. The second kappa shape index (κ2) is 4.85. The molecule has 3 heterocycles. The first-order valence-electron chi connectivity index (χ1n) is 6.28. The Morgan fingerprint density at radius 1 is 1.24 bits per heavy atom. The minimum absolute atomic E-state index is 1.03. The summed E-state index contributed by atoms with van der Waals surface area (Å²) in [7, 11) is 0. The molecule has 0 radical (unpaired) electrons. The Hall–Kier alpha value is -1.39. The average Bonchev–Trinajstić information content (AvgIpc) is 2.69. The summed E-state index contributed by atoms with van der Waals surface area (Å²) in [4.78, 5) is 2.52. The lowest BCUT2D eigenvalue weighted by Crippen LogP contribution is -2.27. The highest BCUT2D eigenvalue weighted by atomic mass is 15.2. The monoisotopic (exact) mass is 230 g/mol. The molecular weight excluding hydrogens is 212 g/mol. The Balaban J connectivity index is 1.81. The van der Waals surface area contributed by atoms with Gasteiger partial charge >= 0.3 is 0 Å². The van der Waals surface area contributed by atoms with E-state index in [4.69, 9.17) is 0 Å². The van der Waals surface area contributed by atoms with Crippen molar-refractivity contribution in [2.24, 2.45) is 0 Å². The second-order valence-electron chi connectivity index (χ2n) is 4.57. The average molecular weight is 230 g/mol. The molecule has 3 rings (SSSR count). The number of nitrogens with one attached hydrogen (secondary N) is 1. The molecular formula is C13H18N4. The zero-order chi connectivity index (χ0) is 11.5. The summed E-state index contributed by atoms with van der Waals surface area (Å²) < 4.78 is 1.95. The molecule has 1 saturated heterocycles. The molecule has 4 nitrogen and oxygen atoms in total. The summed E-state index contributed by atoms with van der Waals surface area (Å²) in [5.41, 5.74) is 2.59. The van der Waals surface area contributed by atoms with E-state index in [0.717, 1.165) is 26.2 Å². The van der Waals surface area contributed by atoms with Crippen LogP contribution in [0.5, 0.6) is 0 Å². The molecule has 1 N–H and O–H groups in total. The second-order valence-corrected chi connectivity index (χ2v) is 4.57. The van der Waals surface area contributed by atoms with Gasteiger partial charge in [-0.15, -0.1) is 0 Å².